The van der Waals surface area contributed by atoms with Crippen molar-refractivity contribution in [3.05, 3.63) is 48.0 Å². The minimum atomic E-state index is -1.40. The van der Waals surface area contributed by atoms with Crippen molar-refractivity contribution in [2.45, 2.75) is 67.9 Å². The lowest BCUT2D eigenvalue weighted by Gasteiger charge is -2.29. The summed E-state index contributed by atoms with van der Waals surface area (Å²) in [5, 5.41) is 32.0. The summed E-state index contributed by atoms with van der Waals surface area (Å²) in [6.45, 7) is -0.583. The molecule has 51 heavy (non-hydrogen) atoms. The van der Waals surface area contributed by atoms with E-state index in [0.29, 0.717) is 17.7 Å². The minimum absolute atomic E-state index is 0.00207. The summed E-state index contributed by atoms with van der Waals surface area (Å²) >= 11 is 8.20. The molecule has 19 heteroatoms. The van der Waals surface area contributed by atoms with Crippen LogP contribution < -0.4 is 22.1 Å². The van der Waals surface area contributed by atoms with Gasteiger partial charge in [-0.05, 0) is 37.0 Å². The highest BCUT2D eigenvalue weighted by atomic mass is 32.1. The number of nitrogens with one attached hydrogen (secondary N) is 3. The molecule has 0 bridgehead atoms. The van der Waals surface area contributed by atoms with E-state index in [-0.39, 0.29) is 43.7 Å². The number of phenolic OH excluding ortho intramolecular Hbond substituents is 1. The average Bonchev–Trinajstić information content (AvgIpc) is 3.81. The van der Waals surface area contributed by atoms with E-state index >= 15 is 0 Å². The molecule has 1 aliphatic rings. The predicted molar refractivity (Wildman–Crippen MR) is 186 cm³/mol. The summed E-state index contributed by atoms with van der Waals surface area (Å²) in [5.74, 6) is -7.64. The number of thiol groups is 2. The molecule has 1 fully saturated rings. The number of aliphatic hydroxyl groups excluding tert-OH is 1. The number of aliphatic carboxylic acids is 1. The number of ketones is 2. The van der Waals surface area contributed by atoms with E-state index in [4.69, 9.17) is 5.73 Å². The number of nitrogens with two attached hydrogens (primary N) is 1. The number of likely N-dealkylation sites (tertiary alicyclic amines) is 1. The zero-order valence-corrected chi connectivity index (χ0v) is 29.4. The molecule has 0 aliphatic carbocycles. The maximum atomic E-state index is 13.9. The zero-order chi connectivity index (χ0) is 37.8. The topological polar surface area (TPSA) is 290 Å². The third-order valence-corrected chi connectivity index (χ3v) is 9.62. The number of quaternary nitrogens is 1. The maximum absolute atomic E-state index is 13.9. The molecule has 17 nitrogen and oxygen atoms in total. The number of primary amides is 1. The summed E-state index contributed by atoms with van der Waals surface area (Å²) in [6, 6.07) is 1.07. The highest BCUT2D eigenvalue weighted by Crippen LogP contribution is 2.25. The molecule has 1 aliphatic heterocycles. The van der Waals surface area contributed by atoms with Gasteiger partial charge in [-0.2, -0.15) is 25.3 Å². The predicted octanol–water partition coefficient (Wildman–Crippen LogP) is -2.59. The van der Waals surface area contributed by atoms with E-state index in [9.17, 15) is 48.9 Å². The molecule has 4 amide bonds. The Morgan fingerprint density at radius 2 is 1.69 bits per heavy atom. The second-order valence-corrected chi connectivity index (χ2v) is 13.3. The third kappa shape index (κ3) is 11.5. The Labute approximate surface area is 304 Å². The molecule has 11 N–H and O–H groups in total. The number of carbonyl (C=O) groups is 7. The van der Waals surface area contributed by atoms with Crippen molar-refractivity contribution in [2.75, 3.05) is 18.9 Å². The summed E-state index contributed by atoms with van der Waals surface area (Å²) < 4.78 is 0. The van der Waals surface area contributed by atoms with Gasteiger partial charge in [0.25, 0.3) is 0 Å². The summed E-state index contributed by atoms with van der Waals surface area (Å²) in [4.78, 5) is 98.5. The van der Waals surface area contributed by atoms with Crippen LogP contribution in [0.5, 0.6) is 5.75 Å². The lowest BCUT2D eigenvalue weighted by atomic mass is 9.91. The van der Waals surface area contributed by atoms with Crippen LogP contribution >= 0.6 is 25.3 Å². The number of carbonyl (C=O) groups excluding carboxylic acids is 6. The van der Waals surface area contributed by atoms with Gasteiger partial charge in [-0.15, -0.1) is 0 Å². The third-order valence-electron chi connectivity index (χ3n) is 8.67. The second kappa shape index (κ2) is 19.2. The number of amides is 4. The van der Waals surface area contributed by atoms with Crippen molar-refractivity contribution in [2.24, 2.45) is 17.6 Å². The number of phenols is 1. The van der Waals surface area contributed by atoms with Crippen LogP contribution in [0.1, 0.15) is 36.9 Å². The van der Waals surface area contributed by atoms with E-state index in [1.165, 1.54) is 29.6 Å². The number of hydrogen-bond donors (Lipinski definition) is 10. The van der Waals surface area contributed by atoms with Crippen molar-refractivity contribution in [3.63, 3.8) is 0 Å². The maximum Gasteiger partial charge on any atom is 0.323 e. The van der Waals surface area contributed by atoms with E-state index in [2.05, 4.69) is 51.6 Å². The van der Waals surface area contributed by atoms with Crippen molar-refractivity contribution in [1.82, 2.24) is 25.5 Å². The van der Waals surface area contributed by atoms with Crippen molar-refractivity contribution in [1.29, 1.82) is 0 Å². The zero-order valence-electron chi connectivity index (χ0n) is 27.6. The Bertz CT molecular complexity index is 1560. The molecule has 0 radical (unpaired) electrons. The van der Waals surface area contributed by atoms with Gasteiger partial charge in [-0.1, -0.05) is 12.1 Å². The second-order valence-electron chi connectivity index (χ2n) is 12.4. The molecule has 7 atom stereocenters. The molecular weight excluding hydrogens is 707 g/mol. The lowest BCUT2D eigenvalue weighted by molar-refractivity contribution is -0.400. The molecule has 3 rings (SSSR count). The van der Waals surface area contributed by atoms with Gasteiger partial charge in [0.1, 0.15) is 17.8 Å². The molecule has 0 spiro atoms. The monoisotopic (exact) mass is 750 g/mol. The minimum Gasteiger partial charge on any atom is -0.508 e. The molecule has 1 aromatic heterocycles. The van der Waals surface area contributed by atoms with Crippen molar-refractivity contribution >= 4 is 66.4 Å². The van der Waals surface area contributed by atoms with Gasteiger partial charge in [0.05, 0.1) is 24.9 Å². The summed E-state index contributed by atoms with van der Waals surface area (Å²) in [7, 11) is 0. The largest absolute Gasteiger partial charge is 0.508 e. The number of nitrogens with zero attached hydrogens (tertiary/aromatic N) is 2. The van der Waals surface area contributed by atoms with Crippen molar-refractivity contribution in [3.8, 4) is 5.75 Å². The fourth-order valence-corrected chi connectivity index (χ4v) is 6.20. The quantitative estimate of drug-likeness (QED) is 0.0627. The Hall–Kier alpha value is -4.46. The smallest absolute Gasteiger partial charge is 0.323 e. The first-order chi connectivity index (χ1) is 24.2. The number of aliphatic hydroxyl groups is 1. The van der Waals surface area contributed by atoms with Crippen LogP contribution in [-0.4, -0.2) is 120 Å². The Kier molecular flexibility index (Phi) is 15.4. The molecule has 1 aromatic carbocycles. The number of aromatic nitrogens is 2. The van der Waals surface area contributed by atoms with Crippen LogP contribution in [0.3, 0.4) is 0 Å². The lowest BCUT2D eigenvalue weighted by Crippen LogP contribution is -2.70. The van der Waals surface area contributed by atoms with E-state index < -0.39 is 95.4 Å². The van der Waals surface area contributed by atoms with Gasteiger partial charge in [0, 0.05) is 49.4 Å². The van der Waals surface area contributed by atoms with Crippen LogP contribution in [0.15, 0.2) is 36.8 Å². The number of aromatic amines is 1. The fourth-order valence-electron chi connectivity index (χ4n) is 5.74. The fraction of sp³-hybridized carbons (Fsp3) is 0.500. The average molecular weight is 751 g/mol. The van der Waals surface area contributed by atoms with E-state index in [0.717, 1.165) is 0 Å². The molecule has 2 heterocycles. The van der Waals surface area contributed by atoms with Crippen LogP contribution in [-0.2, 0) is 46.4 Å². The SMILES string of the molecule is NC(=O)[C@H](CO)NC(=O)[C@@H](CC(=O)[C@H](CS)NC(=O)[C@@H]1CCCN1C(=O)[C@@H](CC(=O)[C@@H]([NH3+])[C@@H](S)C(=O)O)Cc1cnc[nH]1)Cc1ccc(O)cc1. The van der Waals surface area contributed by atoms with Gasteiger partial charge < -0.3 is 47.3 Å². The first-order valence-corrected chi connectivity index (χ1v) is 17.3. The van der Waals surface area contributed by atoms with Gasteiger partial charge in [0.15, 0.2) is 22.9 Å². The van der Waals surface area contributed by atoms with E-state index in [1.54, 1.807) is 12.1 Å². The van der Waals surface area contributed by atoms with Gasteiger partial charge in [-0.25, -0.2) is 4.98 Å². The number of carboxylic acid groups (broad SMARTS) is 1. The standard InChI is InChI=1S/C32H43N7O10S2/c33-26(27(51)32(48)49)25(43)11-18(9-19-12-35-15-36-19)31(47)39-7-1-2-23(39)30(46)38-22(14-50)24(42)10-17(8-16-3-5-20(41)6-4-16)29(45)37-21(13-40)28(34)44/h3-6,12,15,17-18,21-23,26-27,40-41,50-51H,1-2,7-11,13-14,33H2,(H2,34,44)(H,35,36)(H,37,45)(H,38,46)(H,48,49)/p+1/t17-,18-,21+,22+,23+,26-,27-/m1/s1. The number of carboxylic acids is 1. The molecule has 1 saturated heterocycles. The normalized spacial score (nSPS) is 17.7. The molecule has 0 unspecified atom stereocenters. The highest BCUT2D eigenvalue weighted by molar-refractivity contribution is 7.81. The number of aromatic hydroxyl groups is 1. The van der Waals surface area contributed by atoms with Gasteiger partial charge in [-0.3, -0.25) is 33.6 Å². The Balaban J connectivity index is 1.76. The van der Waals surface area contributed by atoms with E-state index in [1.807, 2.05) is 0 Å². The van der Waals surface area contributed by atoms with Crippen molar-refractivity contribution < 1.29 is 54.6 Å². The van der Waals surface area contributed by atoms with Gasteiger partial charge >= 0.3 is 5.97 Å². The van der Waals surface area contributed by atoms with Crippen LogP contribution in [0.4, 0.5) is 0 Å². The number of imidazole rings is 1. The number of hydrogen-bond acceptors (Lipinski definition) is 12. The van der Waals surface area contributed by atoms with Crippen LogP contribution in [0.25, 0.3) is 0 Å². The molecule has 2 aromatic rings. The summed E-state index contributed by atoms with van der Waals surface area (Å²) in [6.07, 6.45) is 2.85. The van der Waals surface area contributed by atoms with Gasteiger partial charge in [0.2, 0.25) is 23.6 Å². The first-order valence-electron chi connectivity index (χ1n) is 16.1. The highest BCUT2D eigenvalue weighted by Gasteiger charge is 2.41. The summed E-state index contributed by atoms with van der Waals surface area (Å²) in [5.41, 5.74) is 10.00. The number of Topliss-reactive ketones (excluding diaryl/α,β-unsaturated/α-hetero) is 2. The molecular formula is C32H44N7O10S2+. The number of H-pyrrole nitrogens is 1. The van der Waals surface area contributed by atoms with Crippen LogP contribution in [0, 0.1) is 11.8 Å². The Morgan fingerprint density at radius 3 is 2.25 bits per heavy atom. The molecule has 278 valence electrons. The number of rotatable bonds is 20. The number of benzene rings is 1. The van der Waals surface area contributed by atoms with Crippen LogP contribution in [0.2, 0.25) is 0 Å². The first kappa shape index (κ1) is 41.0. The Morgan fingerprint density at radius 1 is 1.02 bits per heavy atom. The molecule has 0 saturated carbocycles.